The Morgan fingerprint density at radius 2 is 2.00 bits per heavy atom. The lowest BCUT2D eigenvalue weighted by atomic mass is 9.49. The summed E-state index contributed by atoms with van der Waals surface area (Å²) in [5.74, 6) is 1.41. The highest BCUT2D eigenvalue weighted by molar-refractivity contribution is 5.87. The summed E-state index contributed by atoms with van der Waals surface area (Å²) in [4.78, 5) is 2.54. The van der Waals surface area contributed by atoms with Crippen LogP contribution in [0.5, 0.6) is 11.5 Å². The standard InChI is InChI=1S/C28H29FN2O3/c29-10-12-31-20-4-2-1-3-18(20)19-14-28(33)22-13-17-7-8-21(32)25-23(17)27(28,26(34-25)24(19)31)9-11-30(22)15-16-5-6-16/h1-4,7-8,16,22,26,32-33H,5-6,9-15H2/t22-,26+,27+,28-/m1/s1/i29-1. The van der Waals surface area contributed by atoms with Crippen molar-refractivity contribution in [3.8, 4) is 11.5 Å². The van der Waals surface area contributed by atoms with Crippen molar-refractivity contribution < 1.29 is 19.3 Å². The van der Waals surface area contributed by atoms with Gasteiger partial charge in [-0.25, -0.2) is 4.39 Å². The molecule has 3 aromatic rings. The number of hydrogen-bond donors (Lipinski definition) is 2. The lowest BCUT2D eigenvalue weighted by Gasteiger charge is -2.63. The molecule has 8 rings (SSSR count). The van der Waals surface area contributed by atoms with Gasteiger partial charge in [-0.2, -0.15) is 0 Å². The van der Waals surface area contributed by atoms with E-state index in [9.17, 15) is 14.6 Å². The maximum absolute atomic E-state index is 13.8. The fraction of sp³-hybridized carbons (Fsp3) is 0.500. The molecule has 2 N–H and O–H groups in total. The second kappa shape index (κ2) is 6.35. The average molecular weight is 460 g/mol. The number of ether oxygens (including phenoxy) is 1. The molecule has 0 unspecified atom stereocenters. The molecule has 5 aliphatic rings. The highest BCUT2D eigenvalue weighted by atomic mass is 18.2. The van der Waals surface area contributed by atoms with Crippen molar-refractivity contribution in [3.05, 3.63) is 58.8 Å². The van der Waals surface area contributed by atoms with Gasteiger partial charge in [-0.3, -0.25) is 4.90 Å². The minimum atomic E-state index is -1.01. The molecular formula is C28H29FN2O3. The number of phenols is 1. The predicted octanol–water partition coefficient (Wildman–Crippen LogP) is 4.02. The second-order valence-electron chi connectivity index (χ2n) is 11.1. The molecule has 176 valence electrons. The molecule has 2 fully saturated rings. The van der Waals surface area contributed by atoms with Crippen molar-refractivity contribution in [2.45, 2.75) is 61.8 Å². The molecule has 0 radical (unpaired) electrons. The Kier molecular flexibility index (Phi) is 3.68. The van der Waals surface area contributed by atoms with E-state index in [1.165, 1.54) is 18.4 Å². The van der Waals surface area contributed by atoms with E-state index in [1.54, 1.807) is 6.07 Å². The van der Waals surface area contributed by atoms with Crippen LogP contribution in [0.1, 0.15) is 47.8 Å². The quantitative estimate of drug-likeness (QED) is 0.619. The Balaban J connectivity index is 1.43. The molecule has 3 heterocycles. The Morgan fingerprint density at radius 1 is 1.15 bits per heavy atom. The third kappa shape index (κ3) is 2.14. The summed E-state index contributed by atoms with van der Waals surface area (Å²) in [5.41, 5.74) is 3.62. The Morgan fingerprint density at radius 3 is 2.82 bits per heavy atom. The number of hydrogen-bond acceptors (Lipinski definition) is 4. The molecule has 2 aromatic carbocycles. The van der Waals surface area contributed by atoms with Crippen LogP contribution in [0.4, 0.5) is 4.39 Å². The molecule has 4 atom stereocenters. The molecule has 2 bridgehead atoms. The smallest absolute Gasteiger partial charge is 0.166 e. The van der Waals surface area contributed by atoms with Gasteiger partial charge >= 0.3 is 0 Å². The number of aromatic nitrogens is 1. The number of piperidine rings is 1. The van der Waals surface area contributed by atoms with Crippen molar-refractivity contribution in [2.24, 2.45) is 5.92 Å². The highest BCUT2D eigenvalue weighted by Crippen LogP contribution is 2.69. The number of aliphatic hydroxyl groups is 1. The van der Waals surface area contributed by atoms with Crippen LogP contribution in [0.2, 0.25) is 0 Å². The predicted molar refractivity (Wildman–Crippen MR) is 126 cm³/mol. The third-order valence-electron chi connectivity index (χ3n) is 9.64. The SMILES string of the molecule is Oc1ccc2c3c1O[C@H]1c4c(c5ccccc5n4CC[18F])C[C@@]4(O)[C@@H](C2)N(CC2CC2)CC[C@]314. The van der Waals surface area contributed by atoms with E-state index in [0.717, 1.165) is 59.6 Å². The molecule has 1 spiro atoms. The first-order valence-corrected chi connectivity index (χ1v) is 12.7. The van der Waals surface area contributed by atoms with E-state index in [1.807, 2.05) is 24.3 Å². The van der Waals surface area contributed by atoms with E-state index in [4.69, 9.17) is 4.74 Å². The van der Waals surface area contributed by atoms with E-state index < -0.39 is 23.8 Å². The number of phenolic OH excluding ortho intramolecular Hbond substituents is 1. The van der Waals surface area contributed by atoms with E-state index in [2.05, 4.69) is 15.5 Å². The van der Waals surface area contributed by atoms with Crippen molar-refractivity contribution in [1.29, 1.82) is 0 Å². The fourth-order valence-electron chi connectivity index (χ4n) is 8.13. The minimum Gasteiger partial charge on any atom is -0.504 e. The van der Waals surface area contributed by atoms with Gasteiger partial charge in [0.05, 0.1) is 23.3 Å². The van der Waals surface area contributed by atoms with Crippen LogP contribution in [-0.4, -0.2) is 51.1 Å². The zero-order valence-corrected chi connectivity index (χ0v) is 19.1. The Labute approximate surface area is 197 Å². The minimum absolute atomic E-state index is 0.00683. The number of para-hydroxylation sites is 1. The first-order chi connectivity index (χ1) is 16.6. The number of rotatable bonds is 4. The molecule has 1 saturated carbocycles. The van der Waals surface area contributed by atoms with Gasteiger partial charge in [-0.15, -0.1) is 0 Å². The average Bonchev–Trinajstić information content (AvgIpc) is 3.51. The molecule has 1 aromatic heterocycles. The van der Waals surface area contributed by atoms with E-state index >= 15 is 0 Å². The van der Waals surface area contributed by atoms with Gasteiger partial charge < -0.3 is 19.5 Å². The van der Waals surface area contributed by atoms with Crippen LogP contribution in [0.3, 0.4) is 0 Å². The van der Waals surface area contributed by atoms with Crippen molar-refractivity contribution >= 4 is 10.9 Å². The maximum atomic E-state index is 13.8. The second-order valence-corrected chi connectivity index (χ2v) is 11.1. The number of halogens is 1. The molecular weight excluding hydrogens is 430 g/mol. The summed E-state index contributed by atoms with van der Waals surface area (Å²) >= 11 is 0. The molecule has 34 heavy (non-hydrogen) atoms. The van der Waals surface area contributed by atoms with Crippen molar-refractivity contribution in [3.63, 3.8) is 0 Å². The van der Waals surface area contributed by atoms with Crippen LogP contribution >= 0.6 is 0 Å². The summed E-state index contributed by atoms with van der Waals surface area (Å²) in [6, 6.07) is 11.9. The number of aromatic hydroxyl groups is 1. The Hall–Kier alpha value is -2.57. The number of aryl methyl sites for hydroxylation is 1. The maximum Gasteiger partial charge on any atom is 0.166 e. The van der Waals surface area contributed by atoms with E-state index in [0.29, 0.717) is 12.2 Å². The van der Waals surface area contributed by atoms with Crippen molar-refractivity contribution in [2.75, 3.05) is 19.8 Å². The lowest BCUT2D eigenvalue weighted by Crippen LogP contribution is -2.74. The summed E-state index contributed by atoms with van der Waals surface area (Å²) < 4.78 is 22.6. The lowest BCUT2D eigenvalue weighted by molar-refractivity contribution is -0.173. The Bertz CT molecular complexity index is 1360. The van der Waals surface area contributed by atoms with Gasteiger partial charge in [0.15, 0.2) is 17.6 Å². The van der Waals surface area contributed by atoms with Crippen LogP contribution in [-0.2, 0) is 24.8 Å². The molecule has 3 aliphatic carbocycles. The largest absolute Gasteiger partial charge is 0.504 e. The molecule has 1 saturated heterocycles. The monoisotopic (exact) mass is 459 g/mol. The summed E-state index contributed by atoms with van der Waals surface area (Å²) in [6.07, 6.45) is 4.21. The number of fused-ring (bicyclic) bond motifs is 4. The first kappa shape index (κ1) is 19.7. The van der Waals surface area contributed by atoms with Gasteiger partial charge in [-0.05, 0) is 61.4 Å². The number of likely N-dealkylation sites (tertiary alicyclic amines) is 1. The summed E-state index contributed by atoms with van der Waals surface area (Å²) in [6.45, 7) is 1.76. The number of alkyl halides is 1. The first-order valence-electron chi connectivity index (χ1n) is 12.7. The van der Waals surface area contributed by atoms with E-state index in [-0.39, 0.29) is 18.3 Å². The normalized spacial score (nSPS) is 33.0. The van der Waals surface area contributed by atoms with Crippen molar-refractivity contribution in [1.82, 2.24) is 9.47 Å². The van der Waals surface area contributed by atoms with Crippen LogP contribution < -0.4 is 4.74 Å². The van der Waals surface area contributed by atoms with Gasteiger partial charge in [-0.1, -0.05) is 24.3 Å². The van der Waals surface area contributed by atoms with Gasteiger partial charge in [0.25, 0.3) is 0 Å². The van der Waals surface area contributed by atoms with Gasteiger partial charge in [0, 0.05) is 35.5 Å². The zero-order valence-electron chi connectivity index (χ0n) is 19.1. The fourth-order valence-corrected chi connectivity index (χ4v) is 8.13. The zero-order chi connectivity index (χ0) is 22.8. The number of nitrogens with zero attached hydrogens (tertiary/aromatic N) is 2. The third-order valence-corrected chi connectivity index (χ3v) is 9.64. The highest BCUT2D eigenvalue weighted by Gasteiger charge is 2.73. The van der Waals surface area contributed by atoms with Crippen LogP contribution in [0, 0.1) is 5.92 Å². The van der Waals surface area contributed by atoms with Gasteiger partial charge in [0.2, 0.25) is 0 Å². The molecule has 0 amide bonds. The molecule has 5 nitrogen and oxygen atoms in total. The topological polar surface area (TPSA) is 57.9 Å². The summed E-state index contributed by atoms with van der Waals surface area (Å²) in [7, 11) is 0. The summed E-state index contributed by atoms with van der Waals surface area (Å²) in [5, 5.41) is 24.8. The van der Waals surface area contributed by atoms with Gasteiger partial charge in [0.1, 0.15) is 6.67 Å². The number of benzene rings is 2. The van der Waals surface area contributed by atoms with Crippen LogP contribution in [0.15, 0.2) is 36.4 Å². The molecule has 2 aliphatic heterocycles. The van der Waals surface area contributed by atoms with Crippen LogP contribution in [0.25, 0.3) is 10.9 Å². The molecule has 6 heteroatoms.